The molecule has 1 rings (SSSR count). The van der Waals surface area contributed by atoms with Crippen LogP contribution < -0.4 is 11.1 Å². The van der Waals surface area contributed by atoms with E-state index in [1.54, 1.807) is 13.8 Å². The molecule has 0 aromatic carbocycles. The average molecular weight is 393 g/mol. The standard InChI is InChI=1S/C14H19NO8S2/c1-7-9(23-12(18)22-7)5-21-13(19)25-6-8(10(16)20-4)15-11(17)14(2,3)24/h8,24H,5-6H2,1-4H3,(H,15,17)/t8-/m0/s1. The third-order valence-electron chi connectivity index (χ3n) is 2.87. The van der Waals surface area contributed by atoms with Crippen LogP contribution in [0, 0.1) is 6.92 Å². The van der Waals surface area contributed by atoms with E-state index in [0.29, 0.717) is 11.8 Å². The third kappa shape index (κ3) is 6.86. The second kappa shape index (κ2) is 8.99. The van der Waals surface area contributed by atoms with Crippen molar-refractivity contribution in [1.29, 1.82) is 0 Å². The van der Waals surface area contributed by atoms with E-state index < -0.39 is 33.8 Å². The Morgan fingerprint density at radius 1 is 1.32 bits per heavy atom. The van der Waals surface area contributed by atoms with E-state index in [9.17, 15) is 19.2 Å². The minimum Gasteiger partial charge on any atom is -0.467 e. The molecule has 0 aliphatic heterocycles. The van der Waals surface area contributed by atoms with Crippen molar-refractivity contribution in [3.05, 3.63) is 22.1 Å². The summed E-state index contributed by atoms with van der Waals surface area (Å²) in [5.41, 5.74) is 0. The second-order valence-electron chi connectivity index (χ2n) is 5.39. The monoisotopic (exact) mass is 393 g/mol. The predicted octanol–water partition coefficient (Wildman–Crippen LogP) is 1.28. The van der Waals surface area contributed by atoms with Gasteiger partial charge in [0.15, 0.2) is 18.1 Å². The van der Waals surface area contributed by atoms with Gasteiger partial charge in [-0.1, -0.05) is 0 Å². The highest BCUT2D eigenvalue weighted by Gasteiger charge is 2.29. The lowest BCUT2D eigenvalue weighted by atomic mass is 10.2. The summed E-state index contributed by atoms with van der Waals surface area (Å²) >= 11 is 4.77. The van der Waals surface area contributed by atoms with E-state index in [2.05, 4.69) is 31.5 Å². The molecule has 0 aliphatic rings. The molecule has 1 atom stereocenters. The van der Waals surface area contributed by atoms with Gasteiger partial charge in [-0.2, -0.15) is 12.6 Å². The Morgan fingerprint density at radius 3 is 2.44 bits per heavy atom. The molecule has 0 saturated carbocycles. The van der Waals surface area contributed by atoms with Gasteiger partial charge in [0.1, 0.15) is 6.04 Å². The molecule has 1 heterocycles. The fraction of sp³-hybridized carbons (Fsp3) is 0.571. The van der Waals surface area contributed by atoms with Gasteiger partial charge in [-0.05, 0) is 32.5 Å². The molecule has 1 amide bonds. The van der Waals surface area contributed by atoms with Crippen molar-refractivity contribution in [2.75, 3.05) is 12.9 Å². The summed E-state index contributed by atoms with van der Waals surface area (Å²) in [6, 6.07) is -1.05. The van der Waals surface area contributed by atoms with Crippen LogP contribution in [0.2, 0.25) is 0 Å². The van der Waals surface area contributed by atoms with E-state index in [1.165, 1.54) is 14.0 Å². The predicted molar refractivity (Wildman–Crippen MR) is 91.6 cm³/mol. The number of thiol groups is 1. The molecular formula is C14H19NO8S2. The Balaban J connectivity index is 2.56. The molecule has 0 fully saturated rings. The number of hydrogen-bond acceptors (Lipinski definition) is 10. The van der Waals surface area contributed by atoms with Crippen LogP contribution in [0.4, 0.5) is 4.79 Å². The molecule has 0 saturated heterocycles. The van der Waals surface area contributed by atoms with Crippen LogP contribution >= 0.6 is 24.4 Å². The van der Waals surface area contributed by atoms with Gasteiger partial charge in [-0.15, -0.1) is 0 Å². The first kappa shape index (κ1) is 21.2. The van der Waals surface area contributed by atoms with Gasteiger partial charge in [-0.25, -0.2) is 14.4 Å². The smallest absolute Gasteiger partial charge is 0.467 e. The largest absolute Gasteiger partial charge is 0.519 e. The molecule has 1 aromatic heterocycles. The lowest BCUT2D eigenvalue weighted by Gasteiger charge is -2.21. The highest BCUT2D eigenvalue weighted by molar-refractivity contribution is 8.13. The summed E-state index contributed by atoms with van der Waals surface area (Å²) in [7, 11) is 1.17. The van der Waals surface area contributed by atoms with Crippen molar-refractivity contribution < 1.29 is 32.7 Å². The lowest BCUT2D eigenvalue weighted by Crippen LogP contribution is -2.49. The zero-order valence-corrected chi connectivity index (χ0v) is 15.8. The number of esters is 1. The van der Waals surface area contributed by atoms with Crippen molar-refractivity contribution in [3.63, 3.8) is 0 Å². The molecule has 1 aromatic rings. The van der Waals surface area contributed by atoms with Crippen molar-refractivity contribution in [3.8, 4) is 0 Å². The topological polar surface area (TPSA) is 125 Å². The number of amides is 1. The summed E-state index contributed by atoms with van der Waals surface area (Å²) in [4.78, 5) is 46.3. The van der Waals surface area contributed by atoms with E-state index in [0.717, 1.165) is 0 Å². The highest BCUT2D eigenvalue weighted by atomic mass is 32.2. The molecule has 0 radical (unpaired) electrons. The quantitative estimate of drug-likeness (QED) is 0.520. The van der Waals surface area contributed by atoms with Crippen molar-refractivity contribution >= 4 is 41.6 Å². The first-order valence-electron chi connectivity index (χ1n) is 7.04. The van der Waals surface area contributed by atoms with Gasteiger partial charge in [0, 0.05) is 5.75 Å². The van der Waals surface area contributed by atoms with Crippen LogP contribution in [0.1, 0.15) is 25.4 Å². The van der Waals surface area contributed by atoms with Gasteiger partial charge < -0.3 is 23.6 Å². The molecule has 9 nitrogen and oxygen atoms in total. The molecular weight excluding hydrogens is 374 g/mol. The zero-order chi connectivity index (χ0) is 19.2. The molecule has 0 aliphatic carbocycles. The summed E-state index contributed by atoms with van der Waals surface area (Å²) in [6.07, 6.45) is 0. The Bertz CT molecular complexity index is 688. The Morgan fingerprint density at radius 2 is 1.96 bits per heavy atom. The van der Waals surface area contributed by atoms with Crippen molar-refractivity contribution in [2.24, 2.45) is 0 Å². The van der Waals surface area contributed by atoms with E-state index in [4.69, 9.17) is 4.74 Å². The molecule has 1 N–H and O–H groups in total. The maximum Gasteiger partial charge on any atom is 0.519 e. The number of nitrogens with one attached hydrogen (secondary N) is 1. The number of carbonyl (C=O) groups is 3. The maximum absolute atomic E-state index is 11.9. The van der Waals surface area contributed by atoms with Gasteiger partial charge in [0.2, 0.25) is 5.91 Å². The average Bonchev–Trinajstić information content (AvgIpc) is 2.84. The van der Waals surface area contributed by atoms with Crippen molar-refractivity contribution in [1.82, 2.24) is 5.32 Å². The normalized spacial score (nSPS) is 12.4. The summed E-state index contributed by atoms with van der Waals surface area (Å²) in [5.74, 6) is -1.89. The number of ether oxygens (including phenoxy) is 2. The Labute approximate surface area is 153 Å². The molecule has 0 spiro atoms. The van der Waals surface area contributed by atoms with Crippen molar-refractivity contribution in [2.45, 2.75) is 38.2 Å². The molecule has 25 heavy (non-hydrogen) atoms. The molecule has 140 valence electrons. The number of rotatable bonds is 7. The van der Waals surface area contributed by atoms with E-state index in [1.807, 2.05) is 0 Å². The number of aryl methyl sites for hydroxylation is 1. The number of hydrogen-bond donors (Lipinski definition) is 2. The van der Waals surface area contributed by atoms with Gasteiger partial charge in [0.05, 0.1) is 11.9 Å². The first-order valence-corrected chi connectivity index (χ1v) is 8.48. The number of carbonyl (C=O) groups excluding carboxylic acids is 3. The molecule has 0 unspecified atom stereocenters. The maximum atomic E-state index is 11.9. The fourth-order valence-electron chi connectivity index (χ4n) is 1.47. The van der Waals surface area contributed by atoms with Gasteiger partial charge in [0.25, 0.3) is 0 Å². The minimum absolute atomic E-state index is 0.0913. The highest BCUT2D eigenvalue weighted by Crippen LogP contribution is 2.15. The van der Waals surface area contributed by atoms with Gasteiger partial charge in [-0.3, -0.25) is 4.79 Å². The van der Waals surface area contributed by atoms with Crippen LogP contribution in [-0.4, -0.2) is 40.8 Å². The second-order valence-corrected chi connectivity index (χ2v) is 7.46. The van der Waals surface area contributed by atoms with E-state index >= 15 is 0 Å². The zero-order valence-electron chi connectivity index (χ0n) is 14.1. The van der Waals surface area contributed by atoms with Crippen LogP contribution in [0.3, 0.4) is 0 Å². The third-order valence-corrected chi connectivity index (χ3v) is 3.93. The first-order chi connectivity index (χ1) is 11.5. The summed E-state index contributed by atoms with van der Waals surface area (Å²) < 4.78 is 17.8. The fourth-order valence-corrected chi connectivity index (χ4v) is 2.20. The van der Waals surface area contributed by atoms with Crippen LogP contribution in [0.25, 0.3) is 0 Å². The van der Waals surface area contributed by atoms with Crippen LogP contribution in [0.15, 0.2) is 13.6 Å². The van der Waals surface area contributed by atoms with Gasteiger partial charge >= 0.3 is 17.1 Å². The molecule has 0 bridgehead atoms. The van der Waals surface area contributed by atoms with E-state index in [-0.39, 0.29) is 23.9 Å². The molecule has 11 heteroatoms. The van der Waals surface area contributed by atoms with Crippen LogP contribution in [-0.2, 0) is 25.7 Å². The summed E-state index contributed by atoms with van der Waals surface area (Å²) in [5, 5.41) is 1.73. The SMILES string of the molecule is COC(=O)[C@H](CSC(=O)OCc1oc(=O)oc1C)NC(=O)C(C)(C)S. The number of thioether (sulfide) groups is 1. The minimum atomic E-state index is -1.05. The summed E-state index contributed by atoms with van der Waals surface area (Å²) in [6.45, 7) is 4.32. The van der Waals surface area contributed by atoms with Crippen LogP contribution in [0.5, 0.6) is 0 Å². The Kier molecular flexibility index (Phi) is 7.61. The Hall–Kier alpha value is -1.88. The number of methoxy groups -OCH3 is 1. The lowest BCUT2D eigenvalue weighted by molar-refractivity contribution is -0.144.